The van der Waals surface area contributed by atoms with Crippen LogP contribution in [0.15, 0.2) is 60.8 Å². The Morgan fingerprint density at radius 1 is 1.03 bits per heavy atom. The lowest BCUT2D eigenvalue weighted by Crippen LogP contribution is -2.49. The van der Waals surface area contributed by atoms with Crippen LogP contribution < -0.4 is 10.6 Å². The molecule has 2 aromatic carbocycles. The molecule has 2 amide bonds. The van der Waals surface area contributed by atoms with Crippen molar-refractivity contribution in [3.8, 4) is 5.69 Å². The first-order valence-corrected chi connectivity index (χ1v) is 10.4. The predicted molar refractivity (Wildman–Crippen MR) is 118 cm³/mol. The maximum Gasteiger partial charge on any atom is 0.435 e. The SMILES string of the molecule is Cc1ccccc1C(=O)NC(C(=O)NCc1ccc(-n2ccc(C(F)(F)F)n2)cc1)C(C)C. The number of amides is 2. The second-order valence-corrected chi connectivity index (χ2v) is 8.04. The summed E-state index contributed by atoms with van der Waals surface area (Å²) in [6.45, 7) is 5.72. The second kappa shape index (κ2) is 9.89. The lowest BCUT2D eigenvalue weighted by Gasteiger charge is -2.22. The monoisotopic (exact) mass is 458 g/mol. The van der Waals surface area contributed by atoms with E-state index in [9.17, 15) is 22.8 Å². The number of aromatic nitrogens is 2. The first kappa shape index (κ1) is 24.0. The minimum Gasteiger partial charge on any atom is -0.350 e. The van der Waals surface area contributed by atoms with Crippen LogP contribution in [0.2, 0.25) is 0 Å². The van der Waals surface area contributed by atoms with Gasteiger partial charge in [0.2, 0.25) is 5.91 Å². The van der Waals surface area contributed by atoms with E-state index in [0.717, 1.165) is 21.9 Å². The highest BCUT2D eigenvalue weighted by atomic mass is 19.4. The highest BCUT2D eigenvalue weighted by Gasteiger charge is 2.33. The van der Waals surface area contributed by atoms with Gasteiger partial charge < -0.3 is 10.6 Å². The molecule has 0 aliphatic rings. The smallest absolute Gasteiger partial charge is 0.350 e. The van der Waals surface area contributed by atoms with Crippen LogP contribution in [-0.4, -0.2) is 27.6 Å². The minimum absolute atomic E-state index is 0.136. The van der Waals surface area contributed by atoms with Gasteiger partial charge in [-0.3, -0.25) is 9.59 Å². The summed E-state index contributed by atoms with van der Waals surface area (Å²) in [5.74, 6) is -0.773. The van der Waals surface area contributed by atoms with Gasteiger partial charge in [0.05, 0.1) is 5.69 Å². The van der Waals surface area contributed by atoms with Crippen LogP contribution in [0.5, 0.6) is 0 Å². The average molecular weight is 458 g/mol. The summed E-state index contributed by atoms with van der Waals surface area (Å²) in [4.78, 5) is 25.4. The molecule has 0 saturated heterocycles. The molecule has 0 saturated carbocycles. The van der Waals surface area contributed by atoms with Crippen LogP contribution in [0.25, 0.3) is 5.69 Å². The van der Waals surface area contributed by atoms with Crippen molar-refractivity contribution in [2.24, 2.45) is 5.92 Å². The molecule has 1 atom stereocenters. The molecule has 1 heterocycles. The predicted octanol–water partition coefficient (Wildman–Crippen LogP) is 4.27. The molecule has 1 unspecified atom stereocenters. The fraction of sp³-hybridized carbons (Fsp3) is 0.292. The van der Waals surface area contributed by atoms with Gasteiger partial charge in [-0.25, -0.2) is 4.68 Å². The molecule has 3 aromatic rings. The molecule has 0 radical (unpaired) electrons. The standard InChI is InChI=1S/C24H25F3N4O2/c1-15(2)21(29-22(32)19-7-5-4-6-16(19)3)23(33)28-14-17-8-10-18(11-9-17)31-13-12-20(30-31)24(25,26)27/h4-13,15,21H,14H2,1-3H3,(H,28,33)(H,29,32). The Morgan fingerprint density at radius 2 is 1.70 bits per heavy atom. The number of hydrogen-bond acceptors (Lipinski definition) is 3. The largest absolute Gasteiger partial charge is 0.435 e. The third kappa shape index (κ3) is 6.00. The molecule has 174 valence electrons. The zero-order valence-corrected chi connectivity index (χ0v) is 18.5. The molecule has 6 nitrogen and oxygen atoms in total. The van der Waals surface area contributed by atoms with E-state index in [0.29, 0.717) is 11.3 Å². The molecule has 1 aromatic heterocycles. The van der Waals surface area contributed by atoms with Crippen molar-refractivity contribution in [2.75, 3.05) is 0 Å². The lowest BCUT2D eigenvalue weighted by atomic mass is 10.0. The van der Waals surface area contributed by atoms with Gasteiger partial charge in [0.15, 0.2) is 5.69 Å². The summed E-state index contributed by atoms with van der Waals surface area (Å²) in [6, 6.07) is 14.0. The van der Waals surface area contributed by atoms with E-state index in [1.807, 2.05) is 32.9 Å². The number of alkyl halides is 3. The number of carbonyl (C=O) groups excluding carboxylic acids is 2. The molecule has 9 heteroatoms. The van der Waals surface area contributed by atoms with Gasteiger partial charge in [0.1, 0.15) is 6.04 Å². The summed E-state index contributed by atoms with van der Waals surface area (Å²) in [7, 11) is 0. The molecule has 0 fully saturated rings. The molecule has 0 aliphatic heterocycles. The molecule has 0 bridgehead atoms. The molecule has 2 N–H and O–H groups in total. The number of rotatable bonds is 7. The fourth-order valence-corrected chi connectivity index (χ4v) is 3.27. The highest BCUT2D eigenvalue weighted by molar-refractivity contribution is 5.98. The van der Waals surface area contributed by atoms with E-state index < -0.39 is 17.9 Å². The van der Waals surface area contributed by atoms with E-state index >= 15 is 0 Å². The van der Waals surface area contributed by atoms with Crippen molar-refractivity contribution < 1.29 is 22.8 Å². The normalized spacial score (nSPS) is 12.5. The van der Waals surface area contributed by atoms with Gasteiger partial charge in [-0.05, 0) is 48.2 Å². The number of aryl methyl sites for hydroxylation is 1. The van der Waals surface area contributed by atoms with Crippen LogP contribution >= 0.6 is 0 Å². The number of carbonyl (C=O) groups is 2. The van der Waals surface area contributed by atoms with E-state index in [-0.39, 0.29) is 24.3 Å². The van der Waals surface area contributed by atoms with E-state index in [1.165, 1.54) is 6.20 Å². The fourth-order valence-electron chi connectivity index (χ4n) is 3.27. The van der Waals surface area contributed by atoms with Crippen LogP contribution in [-0.2, 0) is 17.5 Å². The zero-order chi connectivity index (χ0) is 24.2. The Hall–Kier alpha value is -3.62. The highest BCUT2D eigenvalue weighted by Crippen LogP contribution is 2.27. The van der Waals surface area contributed by atoms with Crippen LogP contribution in [0.1, 0.15) is 41.0 Å². The van der Waals surface area contributed by atoms with Crippen molar-refractivity contribution in [1.29, 1.82) is 0 Å². The number of nitrogens with zero attached hydrogens (tertiary/aromatic N) is 2. The topological polar surface area (TPSA) is 76.0 Å². The summed E-state index contributed by atoms with van der Waals surface area (Å²) < 4.78 is 39.3. The van der Waals surface area contributed by atoms with Crippen molar-refractivity contribution in [1.82, 2.24) is 20.4 Å². The Labute approximate surface area is 189 Å². The van der Waals surface area contributed by atoms with Crippen LogP contribution in [0.4, 0.5) is 13.2 Å². The first-order chi connectivity index (χ1) is 15.6. The minimum atomic E-state index is -4.50. The Balaban J connectivity index is 1.62. The summed E-state index contributed by atoms with van der Waals surface area (Å²) >= 11 is 0. The van der Waals surface area contributed by atoms with Crippen LogP contribution in [0.3, 0.4) is 0 Å². The van der Waals surface area contributed by atoms with Crippen LogP contribution in [0, 0.1) is 12.8 Å². The van der Waals surface area contributed by atoms with Gasteiger partial charge in [-0.2, -0.15) is 18.3 Å². The third-order valence-corrected chi connectivity index (χ3v) is 5.17. The summed E-state index contributed by atoms with van der Waals surface area (Å²) in [6.07, 6.45) is -3.26. The molecule has 0 aliphatic carbocycles. The molecule has 33 heavy (non-hydrogen) atoms. The van der Waals surface area contributed by atoms with E-state index in [2.05, 4.69) is 15.7 Å². The molecular formula is C24H25F3N4O2. The lowest BCUT2D eigenvalue weighted by molar-refractivity contribution is -0.141. The summed E-state index contributed by atoms with van der Waals surface area (Å²) in [5, 5.41) is 9.15. The Morgan fingerprint density at radius 3 is 2.27 bits per heavy atom. The quantitative estimate of drug-likeness (QED) is 0.555. The molecule has 0 spiro atoms. The van der Waals surface area contributed by atoms with Crippen molar-refractivity contribution in [3.63, 3.8) is 0 Å². The van der Waals surface area contributed by atoms with Gasteiger partial charge in [-0.15, -0.1) is 0 Å². The number of halogens is 3. The first-order valence-electron chi connectivity index (χ1n) is 10.4. The summed E-state index contributed by atoms with van der Waals surface area (Å²) in [5.41, 5.74) is 1.58. The zero-order valence-electron chi connectivity index (χ0n) is 18.5. The van der Waals surface area contributed by atoms with Gasteiger partial charge in [0.25, 0.3) is 5.91 Å². The Bertz CT molecular complexity index is 1120. The van der Waals surface area contributed by atoms with Crippen molar-refractivity contribution in [2.45, 2.75) is 39.5 Å². The van der Waals surface area contributed by atoms with E-state index in [1.54, 1.807) is 36.4 Å². The van der Waals surface area contributed by atoms with E-state index in [4.69, 9.17) is 0 Å². The van der Waals surface area contributed by atoms with Crippen molar-refractivity contribution in [3.05, 3.63) is 83.2 Å². The molecule has 3 rings (SSSR count). The molecular weight excluding hydrogens is 433 g/mol. The average Bonchev–Trinajstić information content (AvgIpc) is 3.27. The maximum absolute atomic E-state index is 12.7. The number of nitrogens with one attached hydrogen (secondary N) is 2. The Kier molecular flexibility index (Phi) is 7.20. The number of hydrogen-bond donors (Lipinski definition) is 2. The number of benzene rings is 2. The maximum atomic E-state index is 12.7. The van der Waals surface area contributed by atoms with Gasteiger partial charge in [0, 0.05) is 18.3 Å². The van der Waals surface area contributed by atoms with Crippen molar-refractivity contribution >= 4 is 11.8 Å². The van der Waals surface area contributed by atoms with Gasteiger partial charge in [-0.1, -0.05) is 44.2 Å². The van der Waals surface area contributed by atoms with Gasteiger partial charge >= 0.3 is 6.18 Å². The third-order valence-electron chi connectivity index (χ3n) is 5.17. The second-order valence-electron chi connectivity index (χ2n) is 8.04.